The molecule has 1 fully saturated rings. The lowest BCUT2D eigenvalue weighted by atomic mass is 10.2. The Kier molecular flexibility index (Phi) is 3.80. The van der Waals surface area contributed by atoms with Crippen molar-refractivity contribution in [2.45, 2.75) is 0 Å². The quantitative estimate of drug-likeness (QED) is 0.813. The molecule has 1 aliphatic rings. The van der Waals surface area contributed by atoms with Crippen LogP contribution in [0.3, 0.4) is 0 Å². The molecule has 0 radical (unpaired) electrons. The molecule has 1 aromatic carbocycles. The van der Waals surface area contributed by atoms with Crippen molar-refractivity contribution >= 4 is 52.2 Å². The Morgan fingerprint density at radius 2 is 1.90 bits per heavy atom. The number of imide groups is 1. The van der Waals surface area contributed by atoms with Crippen molar-refractivity contribution in [1.82, 2.24) is 5.32 Å². The summed E-state index contributed by atoms with van der Waals surface area (Å²) in [5, 5.41) is 2.69. The first-order chi connectivity index (χ1) is 10.0. The second-order valence-electron chi connectivity index (χ2n) is 4.18. The summed E-state index contributed by atoms with van der Waals surface area (Å²) in [7, 11) is 0. The first kappa shape index (κ1) is 14.3. The van der Waals surface area contributed by atoms with Gasteiger partial charge in [0.05, 0.1) is 15.0 Å². The molecule has 7 heteroatoms. The maximum absolute atomic E-state index is 11.5. The molecule has 3 rings (SSSR count). The maximum atomic E-state index is 11.5. The Labute approximate surface area is 134 Å². The third kappa shape index (κ3) is 3.00. The average Bonchev–Trinajstić information content (AvgIpc) is 3.01. The third-order valence-corrected chi connectivity index (χ3v) is 4.30. The number of furan rings is 1. The molecule has 1 N–H and O–H groups in total. The fourth-order valence-corrected chi connectivity index (χ4v) is 2.75. The van der Waals surface area contributed by atoms with Crippen molar-refractivity contribution in [1.29, 1.82) is 0 Å². The molecule has 106 valence electrons. The van der Waals surface area contributed by atoms with E-state index in [9.17, 15) is 9.59 Å². The number of hydrogen-bond acceptors (Lipinski definition) is 4. The molecular formula is C14H7Cl2NO3S. The van der Waals surface area contributed by atoms with Gasteiger partial charge in [0.15, 0.2) is 0 Å². The second kappa shape index (κ2) is 5.60. The molecule has 0 saturated carbocycles. The van der Waals surface area contributed by atoms with E-state index < -0.39 is 5.91 Å². The molecule has 1 saturated heterocycles. The summed E-state index contributed by atoms with van der Waals surface area (Å²) in [6, 6.07) is 8.62. The second-order valence-corrected chi connectivity index (χ2v) is 6.01. The van der Waals surface area contributed by atoms with Crippen LogP contribution in [0.5, 0.6) is 0 Å². The van der Waals surface area contributed by atoms with Crippen LogP contribution in [0.2, 0.25) is 10.0 Å². The lowest BCUT2D eigenvalue weighted by molar-refractivity contribution is -0.115. The molecule has 0 unspecified atom stereocenters. The summed E-state index contributed by atoms with van der Waals surface area (Å²) >= 11 is 12.7. The number of hydrogen-bond donors (Lipinski definition) is 1. The zero-order valence-electron chi connectivity index (χ0n) is 10.4. The Hall–Kier alpha value is -1.69. The van der Waals surface area contributed by atoms with E-state index in [0.717, 1.165) is 17.3 Å². The number of carbonyl (C=O) groups is 2. The van der Waals surface area contributed by atoms with Crippen molar-refractivity contribution in [2.24, 2.45) is 0 Å². The molecule has 1 aliphatic heterocycles. The van der Waals surface area contributed by atoms with Gasteiger partial charge in [0.25, 0.3) is 11.1 Å². The van der Waals surface area contributed by atoms with Crippen molar-refractivity contribution in [2.75, 3.05) is 0 Å². The minimum atomic E-state index is -0.419. The largest absolute Gasteiger partial charge is 0.457 e. The van der Waals surface area contributed by atoms with E-state index in [2.05, 4.69) is 5.32 Å². The van der Waals surface area contributed by atoms with Gasteiger partial charge in [0.1, 0.15) is 11.5 Å². The Morgan fingerprint density at radius 3 is 2.57 bits per heavy atom. The van der Waals surface area contributed by atoms with Crippen LogP contribution in [0.1, 0.15) is 5.76 Å². The monoisotopic (exact) mass is 339 g/mol. The Balaban J connectivity index is 1.90. The molecule has 2 aromatic rings. The summed E-state index contributed by atoms with van der Waals surface area (Å²) in [4.78, 5) is 22.8. The van der Waals surface area contributed by atoms with Crippen molar-refractivity contribution < 1.29 is 14.0 Å². The molecule has 0 bridgehead atoms. The molecule has 1 aromatic heterocycles. The molecule has 0 aliphatic carbocycles. The van der Waals surface area contributed by atoms with E-state index in [1.807, 2.05) is 0 Å². The van der Waals surface area contributed by atoms with Gasteiger partial charge in [-0.3, -0.25) is 14.9 Å². The van der Waals surface area contributed by atoms with Gasteiger partial charge < -0.3 is 4.42 Å². The SMILES string of the molecule is O=C1NC(=O)/C(=C\c2ccc(-c3ccc(Cl)c(Cl)c3)o2)S1. The van der Waals surface area contributed by atoms with Crippen LogP contribution < -0.4 is 5.32 Å². The molecule has 0 spiro atoms. The molecule has 4 nitrogen and oxygen atoms in total. The zero-order chi connectivity index (χ0) is 15.0. The van der Waals surface area contributed by atoms with Gasteiger partial charge >= 0.3 is 0 Å². The average molecular weight is 340 g/mol. The van der Waals surface area contributed by atoms with Crippen LogP contribution in [0.4, 0.5) is 4.79 Å². The first-order valence-electron chi connectivity index (χ1n) is 5.83. The van der Waals surface area contributed by atoms with Gasteiger partial charge in [0, 0.05) is 11.6 Å². The minimum absolute atomic E-state index is 0.301. The van der Waals surface area contributed by atoms with E-state index in [0.29, 0.717) is 26.5 Å². The van der Waals surface area contributed by atoms with Crippen LogP contribution in [-0.2, 0) is 4.79 Å². The number of nitrogens with one attached hydrogen (secondary N) is 1. The standard InChI is InChI=1S/C14H7Cl2NO3S/c15-9-3-1-7(5-10(9)16)11-4-2-8(20-11)6-12-13(18)17-14(19)21-12/h1-6H,(H,17,18,19)/b12-6+. The predicted molar refractivity (Wildman–Crippen MR) is 83.3 cm³/mol. The highest BCUT2D eigenvalue weighted by atomic mass is 35.5. The number of thioether (sulfide) groups is 1. The van der Waals surface area contributed by atoms with Gasteiger partial charge in [-0.1, -0.05) is 23.2 Å². The summed E-state index contributed by atoms with van der Waals surface area (Å²) in [6.45, 7) is 0. The summed E-state index contributed by atoms with van der Waals surface area (Å²) in [5.41, 5.74) is 0.772. The maximum Gasteiger partial charge on any atom is 0.290 e. The third-order valence-electron chi connectivity index (χ3n) is 2.75. The Bertz CT molecular complexity index is 782. The number of rotatable bonds is 2. The van der Waals surface area contributed by atoms with E-state index in [4.69, 9.17) is 27.6 Å². The zero-order valence-corrected chi connectivity index (χ0v) is 12.7. The Morgan fingerprint density at radius 1 is 1.10 bits per heavy atom. The summed E-state index contributed by atoms with van der Waals surface area (Å²) < 4.78 is 5.63. The van der Waals surface area contributed by atoms with E-state index in [1.54, 1.807) is 30.3 Å². The fraction of sp³-hybridized carbons (Fsp3) is 0. The highest BCUT2D eigenvalue weighted by Gasteiger charge is 2.25. The van der Waals surface area contributed by atoms with Crippen LogP contribution in [0, 0.1) is 0 Å². The van der Waals surface area contributed by atoms with Gasteiger partial charge in [0.2, 0.25) is 0 Å². The van der Waals surface area contributed by atoms with Gasteiger partial charge in [-0.15, -0.1) is 0 Å². The van der Waals surface area contributed by atoms with Crippen LogP contribution in [-0.4, -0.2) is 11.1 Å². The predicted octanol–water partition coefficient (Wildman–Crippen LogP) is 4.58. The molecule has 0 atom stereocenters. The van der Waals surface area contributed by atoms with Gasteiger partial charge in [-0.2, -0.15) is 0 Å². The van der Waals surface area contributed by atoms with Crippen LogP contribution in [0.25, 0.3) is 17.4 Å². The lowest BCUT2D eigenvalue weighted by Crippen LogP contribution is -2.17. The number of amides is 2. The number of halogens is 2. The summed E-state index contributed by atoms with van der Waals surface area (Å²) in [5.74, 6) is 0.649. The number of carbonyl (C=O) groups excluding carboxylic acids is 2. The highest BCUT2D eigenvalue weighted by molar-refractivity contribution is 8.18. The summed E-state index contributed by atoms with van der Waals surface area (Å²) in [6.07, 6.45) is 1.52. The number of benzene rings is 1. The van der Waals surface area contributed by atoms with Gasteiger partial charge in [-0.25, -0.2) is 0 Å². The van der Waals surface area contributed by atoms with Crippen molar-refractivity contribution in [3.8, 4) is 11.3 Å². The molecule has 2 heterocycles. The molecule has 2 amide bonds. The van der Waals surface area contributed by atoms with Crippen LogP contribution >= 0.6 is 35.0 Å². The van der Waals surface area contributed by atoms with E-state index in [1.165, 1.54) is 6.08 Å². The van der Waals surface area contributed by atoms with E-state index in [-0.39, 0.29) is 5.24 Å². The topological polar surface area (TPSA) is 59.3 Å². The van der Waals surface area contributed by atoms with Crippen molar-refractivity contribution in [3.63, 3.8) is 0 Å². The van der Waals surface area contributed by atoms with Crippen LogP contribution in [0.15, 0.2) is 39.7 Å². The van der Waals surface area contributed by atoms with E-state index >= 15 is 0 Å². The van der Waals surface area contributed by atoms with Gasteiger partial charge in [-0.05, 0) is 42.1 Å². The highest BCUT2D eigenvalue weighted by Crippen LogP contribution is 2.31. The molecule has 21 heavy (non-hydrogen) atoms. The normalized spacial score (nSPS) is 16.6. The molecular weight excluding hydrogens is 333 g/mol. The smallest absolute Gasteiger partial charge is 0.290 e. The lowest BCUT2D eigenvalue weighted by Gasteiger charge is -1.99. The first-order valence-corrected chi connectivity index (χ1v) is 7.40. The minimum Gasteiger partial charge on any atom is -0.457 e. The fourth-order valence-electron chi connectivity index (χ4n) is 1.79. The van der Waals surface area contributed by atoms with Crippen molar-refractivity contribution in [3.05, 3.63) is 51.0 Å².